The van der Waals surface area contributed by atoms with Gasteiger partial charge in [-0.25, -0.2) is 18.7 Å². The number of carbonyl (C=O) groups is 1. The number of hydrogen-bond acceptors (Lipinski definition) is 4. The molecule has 0 aliphatic carbocycles. The molecule has 158 valence electrons. The molecule has 0 aromatic heterocycles. The summed E-state index contributed by atoms with van der Waals surface area (Å²) in [5, 5.41) is 11.1. The molecule has 3 N–H and O–H groups in total. The van der Waals surface area contributed by atoms with Crippen LogP contribution >= 0.6 is 38.5 Å². The molecule has 0 fully saturated rings. The summed E-state index contributed by atoms with van der Waals surface area (Å²) in [6.07, 6.45) is -7.86. The van der Waals surface area contributed by atoms with Crippen LogP contribution in [0.15, 0.2) is 28.7 Å². The van der Waals surface area contributed by atoms with Gasteiger partial charge in [0.05, 0.1) is 21.4 Å². The van der Waals surface area contributed by atoms with E-state index in [0.717, 1.165) is 12.1 Å². The largest absolute Gasteiger partial charge is 0.416 e. The van der Waals surface area contributed by atoms with Crippen LogP contribution in [0.2, 0.25) is 0 Å². The van der Waals surface area contributed by atoms with E-state index in [1.807, 2.05) is 22.6 Å². The minimum atomic E-state index is -4.98. The zero-order valence-electron chi connectivity index (χ0n) is 13.9. The molecule has 0 spiro atoms. The topological polar surface area (TPSA) is 70.6 Å². The molecule has 1 amide bonds. The van der Waals surface area contributed by atoms with E-state index in [4.69, 9.17) is 5.11 Å². The van der Waals surface area contributed by atoms with Gasteiger partial charge >= 0.3 is 6.18 Å². The first-order valence-electron chi connectivity index (χ1n) is 7.48. The van der Waals surface area contributed by atoms with Crippen LogP contribution in [0.5, 0.6) is 0 Å². The number of anilines is 2. The lowest BCUT2D eigenvalue weighted by atomic mass is 10.1. The second-order valence-corrected chi connectivity index (χ2v) is 7.56. The Kier molecular flexibility index (Phi) is 7.75. The average Bonchev–Trinajstić information content (AvgIpc) is 2.62. The summed E-state index contributed by atoms with van der Waals surface area (Å²) in [5.41, 5.74) is -0.0782. The maximum Gasteiger partial charge on any atom is 0.416 e. The first-order chi connectivity index (χ1) is 13.4. The highest BCUT2D eigenvalue weighted by Crippen LogP contribution is 2.32. The predicted octanol–water partition coefficient (Wildman–Crippen LogP) is 4.80. The van der Waals surface area contributed by atoms with Gasteiger partial charge < -0.3 is 10.4 Å². The molecule has 0 saturated heterocycles. The van der Waals surface area contributed by atoms with Crippen molar-refractivity contribution in [1.82, 2.24) is 5.48 Å². The number of aliphatic hydroxyl groups is 1. The van der Waals surface area contributed by atoms with Gasteiger partial charge in [-0.3, -0.25) is 9.63 Å². The second-order valence-electron chi connectivity index (χ2n) is 5.46. The standard InChI is InChI=1S/C16H10BrF6IN2O3/c17-8-4-7(15(28)26-29-5-11(27)16(21,22)23)14(13(20)12(8)19)25-10-2-1-6(24)3-9(10)18/h1-4,11,25,27H,5H2,(H,26,28). The number of halogens is 8. The van der Waals surface area contributed by atoms with Crippen molar-refractivity contribution in [2.45, 2.75) is 12.3 Å². The fraction of sp³-hybridized carbons (Fsp3) is 0.188. The van der Waals surface area contributed by atoms with E-state index < -0.39 is 58.0 Å². The van der Waals surface area contributed by atoms with Crippen LogP contribution < -0.4 is 10.8 Å². The van der Waals surface area contributed by atoms with E-state index in [0.29, 0.717) is 3.57 Å². The second kappa shape index (κ2) is 9.49. The Morgan fingerprint density at radius 1 is 1.21 bits per heavy atom. The van der Waals surface area contributed by atoms with E-state index in [-0.39, 0.29) is 5.69 Å². The van der Waals surface area contributed by atoms with Crippen molar-refractivity contribution in [3.05, 3.63) is 55.3 Å². The van der Waals surface area contributed by atoms with Crippen LogP contribution in [0.4, 0.5) is 37.7 Å². The van der Waals surface area contributed by atoms with E-state index >= 15 is 0 Å². The third-order valence-corrected chi connectivity index (χ3v) is 4.63. The zero-order chi connectivity index (χ0) is 21.9. The quantitative estimate of drug-likeness (QED) is 0.193. The van der Waals surface area contributed by atoms with Gasteiger partial charge in [-0.2, -0.15) is 13.2 Å². The van der Waals surface area contributed by atoms with Gasteiger partial charge in [-0.1, -0.05) is 0 Å². The Hall–Kier alpha value is -1.58. The maximum atomic E-state index is 14.4. The number of nitrogens with one attached hydrogen (secondary N) is 2. The molecular weight excluding hydrogens is 589 g/mol. The summed E-state index contributed by atoms with van der Waals surface area (Å²) in [4.78, 5) is 16.5. The normalized spacial score (nSPS) is 12.6. The van der Waals surface area contributed by atoms with Gasteiger partial charge in [-0.15, -0.1) is 0 Å². The van der Waals surface area contributed by atoms with Crippen molar-refractivity contribution in [3.63, 3.8) is 0 Å². The molecule has 13 heteroatoms. The summed E-state index contributed by atoms with van der Waals surface area (Å²) in [6, 6.07) is 4.59. The number of hydrogen-bond donors (Lipinski definition) is 3. The molecule has 0 aliphatic heterocycles. The van der Waals surface area contributed by atoms with Crippen molar-refractivity contribution in [3.8, 4) is 0 Å². The van der Waals surface area contributed by atoms with Crippen LogP contribution in [0.3, 0.4) is 0 Å². The fourth-order valence-electron chi connectivity index (χ4n) is 1.96. The molecule has 0 bridgehead atoms. The number of rotatable bonds is 6. The Balaban J connectivity index is 2.30. The fourth-order valence-corrected chi connectivity index (χ4v) is 2.81. The molecule has 29 heavy (non-hydrogen) atoms. The van der Waals surface area contributed by atoms with Crippen molar-refractivity contribution in [1.29, 1.82) is 0 Å². The number of hydroxylamine groups is 1. The van der Waals surface area contributed by atoms with Crippen molar-refractivity contribution < 1.29 is 41.1 Å². The molecule has 2 aromatic carbocycles. The summed E-state index contributed by atoms with van der Waals surface area (Å²) in [7, 11) is 0. The lowest BCUT2D eigenvalue weighted by molar-refractivity contribution is -0.221. The molecule has 1 unspecified atom stereocenters. The number of aliphatic hydroxyl groups excluding tert-OH is 1. The van der Waals surface area contributed by atoms with E-state index in [2.05, 4.69) is 26.1 Å². The Labute approximate surface area is 181 Å². The summed E-state index contributed by atoms with van der Waals surface area (Å²) in [6.45, 7) is -1.34. The van der Waals surface area contributed by atoms with Gasteiger partial charge in [-0.05, 0) is 62.8 Å². The zero-order valence-corrected chi connectivity index (χ0v) is 17.6. The van der Waals surface area contributed by atoms with Crippen molar-refractivity contribution >= 4 is 55.8 Å². The third-order valence-electron chi connectivity index (χ3n) is 3.38. The molecule has 2 aromatic rings. The smallest absolute Gasteiger partial charge is 0.381 e. The Bertz CT molecular complexity index is 929. The van der Waals surface area contributed by atoms with Gasteiger partial charge in [0.25, 0.3) is 5.91 Å². The number of carbonyl (C=O) groups excluding carboxylic acids is 1. The third kappa shape index (κ3) is 5.96. The molecule has 5 nitrogen and oxygen atoms in total. The first kappa shape index (κ1) is 23.7. The molecular formula is C16H10BrF6IN2O3. The lowest BCUT2D eigenvalue weighted by Crippen LogP contribution is -2.37. The van der Waals surface area contributed by atoms with Crippen LogP contribution in [-0.4, -0.2) is 29.9 Å². The van der Waals surface area contributed by atoms with Crippen LogP contribution in [0.25, 0.3) is 0 Å². The molecule has 1 atom stereocenters. The molecule has 0 aliphatic rings. The number of amides is 1. The van der Waals surface area contributed by atoms with Gasteiger partial charge in [0.1, 0.15) is 12.4 Å². The summed E-state index contributed by atoms with van der Waals surface area (Å²) in [5.74, 6) is -5.02. The monoisotopic (exact) mass is 598 g/mol. The highest BCUT2D eigenvalue weighted by molar-refractivity contribution is 14.1. The minimum absolute atomic E-state index is 0.284. The predicted molar refractivity (Wildman–Crippen MR) is 102 cm³/mol. The molecule has 0 saturated carbocycles. The van der Waals surface area contributed by atoms with Crippen molar-refractivity contribution in [2.75, 3.05) is 11.9 Å². The van der Waals surface area contributed by atoms with Crippen LogP contribution in [-0.2, 0) is 4.84 Å². The number of benzene rings is 2. The highest BCUT2D eigenvalue weighted by Gasteiger charge is 2.38. The maximum absolute atomic E-state index is 14.4. The van der Waals surface area contributed by atoms with E-state index in [1.165, 1.54) is 12.1 Å². The van der Waals surface area contributed by atoms with E-state index in [9.17, 15) is 31.1 Å². The molecule has 0 heterocycles. The highest BCUT2D eigenvalue weighted by atomic mass is 127. The number of alkyl halides is 3. The lowest BCUT2D eigenvalue weighted by Gasteiger charge is -2.17. The SMILES string of the molecule is O=C(NOCC(O)C(F)(F)F)c1cc(Br)c(F)c(F)c1Nc1ccc(I)cc1F. The van der Waals surface area contributed by atoms with Gasteiger partial charge in [0.15, 0.2) is 17.7 Å². The van der Waals surface area contributed by atoms with Crippen molar-refractivity contribution in [2.24, 2.45) is 0 Å². The van der Waals surface area contributed by atoms with E-state index in [1.54, 1.807) is 5.48 Å². The summed E-state index contributed by atoms with van der Waals surface area (Å²) < 4.78 is 79.1. The van der Waals surface area contributed by atoms with Gasteiger partial charge in [0.2, 0.25) is 0 Å². The van der Waals surface area contributed by atoms with Gasteiger partial charge in [0, 0.05) is 3.57 Å². The first-order valence-corrected chi connectivity index (χ1v) is 9.35. The van der Waals surface area contributed by atoms with Crippen LogP contribution in [0.1, 0.15) is 10.4 Å². The summed E-state index contributed by atoms with van der Waals surface area (Å²) >= 11 is 4.52. The Morgan fingerprint density at radius 2 is 1.86 bits per heavy atom. The minimum Gasteiger partial charge on any atom is -0.381 e. The molecule has 2 rings (SSSR count). The molecule has 0 radical (unpaired) electrons. The Morgan fingerprint density at radius 3 is 2.45 bits per heavy atom. The van der Waals surface area contributed by atoms with Crippen LogP contribution in [0, 0.1) is 21.0 Å². The average molecular weight is 599 g/mol.